The first-order chi connectivity index (χ1) is 16.7. The predicted molar refractivity (Wildman–Crippen MR) is 134 cm³/mol. The van der Waals surface area contributed by atoms with Crippen LogP contribution in [0.4, 0.5) is 11.4 Å². The van der Waals surface area contributed by atoms with Gasteiger partial charge in [-0.15, -0.1) is 11.3 Å². The van der Waals surface area contributed by atoms with E-state index in [1.165, 1.54) is 16.2 Å². The molecule has 10 nitrogen and oxygen atoms in total. The molecule has 0 aliphatic rings. The maximum absolute atomic E-state index is 13.9. The van der Waals surface area contributed by atoms with E-state index in [4.69, 9.17) is 16.2 Å². The van der Waals surface area contributed by atoms with E-state index in [9.17, 15) is 19.2 Å². The second kappa shape index (κ2) is 11.1. The highest BCUT2D eigenvalue weighted by Gasteiger charge is 2.37. The van der Waals surface area contributed by atoms with E-state index in [0.717, 1.165) is 22.7 Å². The van der Waals surface area contributed by atoms with E-state index in [1.54, 1.807) is 36.6 Å². The quantitative estimate of drug-likeness (QED) is 0.370. The number of esters is 1. The molecule has 35 heavy (non-hydrogen) atoms. The van der Waals surface area contributed by atoms with Crippen molar-refractivity contribution in [1.29, 1.82) is 0 Å². The molecule has 2 heterocycles. The molecule has 1 aromatic carbocycles. The van der Waals surface area contributed by atoms with Crippen molar-refractivity contribution in [3.05, 3.63) is 62.3 Å². The summed E-state index contributed by atoms with van der Waals surface area (Å²) in [6.45, 7) is 5.18. The number of aryl methyl sites for hydroxylation is 1. The number of ether oxygens (including phenoxy) is 1. The van der Waals surface area contributed by atoms with Crippen molar-refractivity contribution in [3.63, 3.8) is 0 Å². The third kappa shape index (κ3) is 5.49. The van der Waals surface area contributed by atoms with Crippen LogP contribution in [0.3, 0.4) is 0 Å². The van der Waals surface area contributed by atoms with Crippen molar-refractivity contribution in [3.8, 4) is 0 Å². The number of thiophene rings is 1. The van der Waals surface area contributed by atoms with Crippen molar-refractivity contribution < 1.29 is 23.9 Å². The molecule has 0 saturated carbocycles. The minimum atomic E-state index is -1.14. The SMILES string of the molecule is CCOC(=O)CNC(=O)C(c1cccs1)N(C(=O)c1snc(C(N)=O)c1N)c1cccc(C)c1C. The van der Waals surface area contributed by atoms with Gasteiger partial charge in [-0.1, -0.05) is 18.2 Å². The van der Waals surface area contributed by atoms with Crippen LogP contribution in [0.25, 0.3) is 0 Å². The van der Waals surface area contributed by atoms with Gasteiger partial charge in [0.25, 0.3) is 11.8 Å². The number of nitrogens with one attached hydrogen (secondary N) is 1. The van der Waals surface area contributed by atoms with Gasteiger partial charge in [-0.25, -0.2) is 0 Å². The molecule has 3 amide bonds. The highest BCUT2D eigenvalue weighted by Crippen LogP contribution is 2.36. The zero-order valence-electron chi connectivity index (χ0n) is 19.4. The lowest BCUT2D eigenvalue weighted by Gasteiger charge is -2.31. The Morgan fingerprint density at radius 2 is 1.91 bits per heavy atom. The molecule has 0 aliphatic heterocycles. The number of aromatic nitrogens is 1. The molecule has 0 aliphatic carbocycles. The average Bonchev–Trinajstić information content (AvgIpc) is 3.47. The van der Waals surface area contributed by atoms with Gasteiger partial charge in [0.15, 0.2) is 11.7 Å². The van der Waals surface area contributed by atoms with Crippen LogP contribution in [-0.2, 0) is 14.3 Å². The largest absolute Gasteiger partial charge is 0.465 e. The minimum Gasteiger partial charge on any atom is -0.465 e. The normalized spacial score (nSPS) is 11.5. The number of nitrogens with two attached hydrogens (primary N) is 2. The number of primary amides is 1. The van der Waals surface area contributed by atoms with Crippen LogP contribution < -0.4 is 21.7 Å². The molecule has 3 aromatic rings. The number of hydrogen-bond acceptors (Lipinski definition) is 9. The van der Waals surface area contributed by atoms with Gasteiger partial charge in [0.05, 0.1) is 12.3 Å². The van der Waals surface area contributed by atoms with Gasteiger partial charge >= 0.3 is 5.97 Å². The number of rotatable bonds is 9. The third-order valence-corrected chi connectivity index (χ3v) is 7.02. The standard InChI is InChI=1S/C23H25N5O5S2/c1-4-33-16(29)11-26-22(31)19(15-9-6-10-34-15)28(14-8-5-7-12(2)13(14)3)23(32)20-17(24)18(21(25)30)27-35-20/h5-10,19H,4,11,24H2,1-3H3,(H2,25,30)(H,26,31). The van der Waals surface area contributed by atoms with Gasteiger partial charge in [-0.2, -0.15) is 4.37 Å². The number of benzene rings is 1. The van der Waals surface area contributed by atoms with Crippen LogP contribution in [0.15, 0.2) is 35.7 Å². The van der Waals surface area contributed by atoms with E-state index in [1.807, 2.05) is 19.9 Å². The summed E-state index contributed by atoms with van der Waals surface area (Å²) in [5, 5.41) is 4.34. The van der Waals surface area contributed by atoms with E-state index in [2.05, 4.69) is 9.69 Å². The Hall–Kier alpha value is -3.77. The maximum atomic E-state index is 13.9. The molecule has 0 bridgehead atoms. The van der Waals surface area contributed by atoms with Crippen LogP contribution in [-0.4, -0.2) is 41.2 Å². The van der Waals surface area contributed by atoms with E-state index in [0.29, 0.717) is 10.6 Å². The molecule has 1 atom stereocenters. The van der Waals surface area contributed by atoms with Crippen LogP contribution >= 0.6 is 22.9 Å². The van der Waals surface area contributed by atoms with Crippen molar-refractivity contribution in [2.45, 2.75) is 26.8 Å². The molecular formula is C23H25N5O5S2. The summed E-state index contributed by atoms with van der Waals surface area (Å²) in [6.07, 6.45) is 0. The lowest BCUT2D eigenvalue weighted by atomic mass is 10.0. The molecule has 3 rings (SSSR count). The van der Waals surface area contributed by atoms with Crippen molar-refractivity contribution in [1.82, 2.24) is 9.69 Å². The first kappa shape index (κ1) is 25.8. The van der Waals surface area contributed by atoms with Gasteiger partial charge in [-0.3, -0.25) is 24.1 Å². The Labute approximate surface area is 210 Å². The first-order valence-electron chi connectivity index (χ1n) is 10.6. The molecule has 1 unspecified atom stereocenters. The van der Waals surface area contributed by atoms with Crippen LogP contribution in [0, 0.1) is 13.8 Å². The number of carbonyl (C=O) groups excluding carboxylic acids is 4. The second-order valence-electron chi connectivity index (χ2n) is 7.47. The molecule has 0 saturated heterocycles. The van der Waals surface area contributed by atoms with E-state index >= 15 is 0 Å². The topological polar surface area (TPSA) is 158 Å². The highest BCUT2D eigenvalue weighted by molar-refractivity contribution is 7.10. The van der Waals surface area contributed by atoms with Crippen LogP contribution in [0.2, 0.25) is 0 Å². The fourth-order valence-corrected chi connectivity index (χ4v) is 4.94. The summed E-state index contributed by atoms with van der Waals surface area (Å²) >= 11 is 2.00. The first-order valence-corrected chi connectivity index (χ1v) is 12.2. The zero-order valence-corrected chi connectivity index (χ0v) is 21.0. The molecule has 2 aromatic heterocycles. The van der Waals surface area contributed by atoms with Gasteiger partial charge in [0.2, 0.25) is 5.91 Å². The van der Waals surface area contributed by atoms with E-state index < -0.39 is 29.7 Å². The monoisotopic (exact) mass is 515 g/mol. The zero-order chi connectivity index (χ0) is 25.7. The molecular weight excluding hydrogens is 490 g/mol. The Balaban J connectivity index is 2.15. The summed E-state index contributed by atoms with van der Waals surface area (Å²) in [5.74, 6) is -2.69. The number of amides is 3. The summed E-state index contributed by atoms with van der Waals surface area (Å²) in [7, 11) is 0. The molecule has 12 heteroatoms. The number of anilines is 2. The Morgan fingerprint density at radius 1 is 1.17 bits per heavy atom. The van der Waals surface area contributed by atoms with Crippen molar-refractivity contribution >= 4 is 57.9 Å². The van der Waals surface area contributed by atoms with Crippen molar-refractivity contribution in [2.24, 2.45) is 5.73 Å². The molecule has 184 valence electrons. The number of carbonyl (C=O) groups is 4. The fourth-order valence-electron chi connectivity index (χ4n) is 3.39. The second-order valence-corrected chi connectivity index (χ2v) is 9.23. The highest BCUT2D eigenvalue weighted by atomic mass is 32.1. The van der Waals surface area contributed by atoms with E-state index in [-0.39, 0.29) is 29.4 Å². The maximum Gasteiger partial charge on any atom is 0.325 e. The predicted octanol–water partition coefficient (Wildman–Crippen LogP) is 2.57. The van der Waals surface area contributed by atoms with Gasteiger partial charge < -0.3 is 21.5 Å². The summed E-state index contributed by atoms with van der Waals surface area (Å²) < 4.78 is 8.84. The number of nitrogen functional groups attached to an aromatic ring is 1. The smallest absolute Gasteiger partial charge is 0.325 e. The summed E-state index contributed by atoms with van der Waals surface area (Å²) in [5.41, 5.74) is 13.1. The summed E-state index contributed by atoms with van der Waals surface area (Å²) in [4.78, 5) is 52.8. The lowest BCUT2D eigenvalue weighted by molar-refractivity contribution is -0.143. The Bertz CT molecular complexity index is 1260. The van der Waals surface area contributed by atoms with Gasteiger partial charge in [-0.05, 0) is 60.9 Å². The number of nitrogens with zero attached hydrogens (tertiary/aromatic N) is 2. The Morgan fingerprint density at radius 3 is 2.51 bits per heavy atom. The average molecular weight is 516 g/mol. The van der Waals surface area contributed by atoms with Crippen LogP contribution in [0.1, 0.15) is 49.1 Å². The lowest BCUT2D eigenvalue weighted by Crippen LogP contribution is -2.45. The fraction of sp³-hybridized carbons (Fsp3) is 0.261. The third-order valence-electron chi connectivity index (χ3n) is 5.24. The summed E-state index contributed by atoms with van der Waals surface area (Å²) in [6, 6.07) is 7.70. The molecule has 0 fully saturated rings. The Kier molecular flexibility index (Phi) is 8.20. The van der Waals surface area contributed by atoms with Gasteiger partial charge in [0.1, 0.15) is 11.4 Å². The van der Waals surface area contributed by atoms with Crippen LogP contribution in [0.5, 0.6) is 0 Å². The molecule has 0 spiro atoms. The molecule has 0 radical (unpaired) electrons. The van der Waals surface area contributed by atoms with Gasteiger partial charge in [0, 0.05) is 10.6 Å². The molecule has 5 N–H and O–H groups in total. The number of hydrogen-bond donors (Lipinski definition) is 3. The van der Waals surface area contributed by atoms with Crippen molar-refractivity contribution in [2.75, 3.05) is 23.8 Å². The minimum absolute atomic E-state index is 0.0283.